The number of hydrogen-bond donors (Lipinski definition) is 0. The first kappa shape index (κ1) is 17.3. The predicted molar refractivity (Wildman–Crippen MR) is 102 cm³/mol. The molecule has 1 spiro atoms. The lowest BCUT2D eigenvalue weighted by Gasteiger charge is -2.24. The molecule has 1 aromatic rings. The van der Waals surface area contributed by atoms with Crippen molar-refractivity contribution in [3.8, 4) is 5.75 Å². The lowest BCUT2D eigenvalue weighted by molar-refractivity contribution is 0.329. The number of benzene rings is 1. The molecule has 0 saturated heterocycles. The molecule has 3 rings (SSSR count). The molecule has 4 atom stereocenters. The van der Waals surface area contributed by atoms with Crippen molar-refractivity contribution in [1.82, 2.24) is 0 Å². The molecule has 1 nitrogen and oxygen atoms in total. The fraction of sp³-hybridized carbons (Fsp3) is 0.714. The van der Waals surface area contributed by atoms with E-state index in [-0.39, 0.29) is 0 Å². The van der Waals surface area contributed by atoms with Crippen LogP contribution in [0, 0.1) is 24.2 Å². The first-order valence-electron chi connectivity index (χ1n) is 9.26. The topological polar surface area (TPSA) is 9.23 Å². The second kappa shape index (κ2) is 6.78. The molecule has 1 aromatic carbocycles. The highest BCUT2D eigenvalue weighted by Crippen LogP contribution is 2.65. The molecule has 3 unspecified atom stereocenters. The Kier molecular flexibility index (Phi) is 5.11. The Labute approximate surface area is 150 Å². The fourth-order valence-corrected chi connectivity index (χ4v) is 5.68. The van der Waals surface area contributed by atoms with Gasteiger partial charge < -0.3 is 4.74 Å². The highest BCUT2D eigenvalue weighted by molar-refractivity contribution is 9.08. The third-order valence-corrected chi connectivity index (χ3v) is 7.00. The maximum Gasteiger partial charge on any atom is 0.126 e. The van der Waals surface area contributed by atoms with Crippen LogP contribution in [0.4, 0.5) is 0 Å². The van der Waals surface area contributed by atoms with E-state index in [2.05, 4.69) is 48.8 Å². The molecule has 2 aliphatic rings. The second-order valence-electron chi connectivity index (χ2n) is 8.14. The van der Waals surface area contributed by atoms with E-state index in [1.807, 2.05) is 7.11 Å². The summed E-state index contributed by atoms with van der Waals surface area (Å²) in [5.41, 5.74) is 4.77. The standard InChI is InChI=1S/C21H31BrO/c1-5-18-12-21(18)10-14(2)6-7-16(11-21)19-9-15(3)8-17(13-22)20(19)23-4/h8-9,14,16,18H,5-7,10-13H2,1-4H3/t14?,16-,18?,21?/m1/s1. The van der Waals surface area contributed by atoms with Crippen molar-refractivity contribution in [2.45, 2.75) is 70.5 Å². The zero-order valence-corrected chi connectivity index (χ0v) is 16.7. The zero-order chi connectivity index (χ0) is 16.6. The number of halogens is 1. The van der Waals surface area contributed by atoms with Gasteiger partial charge in [0.05, 0.1) is 7.11 Å². The van der Waals surface area contributed by atoms with Crippen LogP contribution in [0.3, 0.4) is 0 Å². The van der Waals surface area contributed by atoms with Gasteiger partial charge in [0.1, 0.15) is 5.75 Å². The van der Waals surface area contributed by atoms with Crippen molar-refractivity contribution in [1.29, 1.82) is 0 Å². The third kappa shape index (κ3) is 3.34. The van der Waals surface area contributed by atoms with Gasteiger partial charge in [-0.15, -0.1) is 0 Å². The summed E-state index contributed by atoms with van der Waals surface area (Å²) in [6.45, 7) is 7.06. The van der Waals surface area contributed by atoms with Crippen LogP contribution in [0.2, 0.25) is 0 Å². The van der Waals surface area contributed by atoms with Crippen LogP contribution in [0.1, 0.15) is 75.0 Å². The molecule has 0 radical (unpaired) electrons. The Morgan fingerprint density at radius 3 is 2.61 bits per heavy atom. The average Bonchev–Trinajstić information content (AvgIpc) is 3.25. The molecule has 2 fully saturated rings. The summed E-state index contributed by atoms with van der Waals surface area (Å²) in [5, 5.41) is 0.872. The summed E-state index contributed by atoms with van der Waals surface area (Å²) in [6.07, 6.45) is 8.32. The Hall–Kier alpha value is -0.500. The van der Waals surface area contributed by atoms with Gasteiger partial charge in [0.25, 0.3) is 0 Å². The fourth-order valence-electron chi connectivity index (χ4n) is 5.26. The Morgan fingerprint density at radius 1 is 1.22 bits per heavy atom. The Bertz CT molecular complexity index is 567. The van der Waals surface area contributed by atoms with Crippen LogP contribution >= 0.6 is 15.9 Å². The smallest absolute Gasteiger partial charge is 0.126 e. The predicted octanol–water partition coefficient (Wildman–Crippen LogP) is 6.61. The van der Waals surface area contributed by atoms with Gasteiger partial charge in [-0.2, -0.15) is 0 Å². The van der Waals surface area contributed by atoms with Gasteiger partial charge in [0, 0.05) is 10.9 Å². The van der Waals surface area contributed by atoms with Gasteiger partial charge >= 0.3 is 0 Å². The van der Waals surface area contributed by atoms with Gasteiger partial charge in [-0.05, 0) is 61.3 Å². The average molecular weight is 379 g/mol. The summed E-state index contributed by atoms with van der Waals surface area (Å²) >= 11 is 3.64. The maximum absolute atomic E-state index is 5.85. The van der Waals surface area contributed by atoms with Gasteiger partial charge in [-0.25, -0.2) is 0 Å². The lowest BCUT2D eigenvalue weighted by Crippen LogP contribution is -2.11. The minimum atomic E-state index is 0.638. The van der Waals surface area contributed by atoms with E-state index in [1.165, 1.54) is 55.2 Å². The molecule has 0 amide bonds. The lowest BCUT2D eigenvalue weighted by atomic mass is 9.82. The summed E-state index contributed by atoms with van der Waals surface area (Å²) < 4.78 is 5.85. The molecule has 0 N–H and O–H groups in total. The normalized spacial score (nSPS) is 33.5. The van der Waals surface area contributed by atoms with E-state index >= 15 is 0 Å². The zero-order valence-electron chi connectivity index (χ0n) is 15.1. The summed E-state index contributed by atoms with van der Waals surface area (Å²) in [6, 6.07) is 4.65. The SMILES string of the molecule is CCC1CC12CC(C)CC[C@@H](c1cc(C)cc(CBr)c1OC)C2. The number of alkyl halides is 1. The van der Waals surface area contributed by atoms with E-state index < -0.39 is 0 Å². The van der Waals surface area contributed by atoms with E-state index in [0.29, 0.717) is 11.3 Å². The molecular weight excluding hydrogens is 348 g/mol. The van der Waals surface area contributed by atoms with Gasteiger partial charge in [-0.3, -0.25) is 0 Å². The minimum absolute atomic E-state index is 0.638. The summed E-state index contributed by atoms with van der Waals surface area (Å²) in [7, 11) is 1.83. The molecule has 0 bridgehead atoms. The van der Waals surface area contributed by atoms with E-state index in [1.54, 1.807) is 0 Å². The van der Waals surface area contributed by atoms with Gasteiger partial charge in [0.2, 0.25) is 0 Å². The molecule has 0 aliphatic heterocycles. The van der Waals surface area contributed by atoms with Gasteiger partial charge in [0.15, 0.2) is 0 Å². The first-order valence-corrected chi connectivity index (χ1v) is 10.4. The van der Waals surface area contributed by atoms with Crippen LogP contribution in [-0.4, -0.2) is 7.11 Å². The summed E-state index contributed by atoms with van der Waals surface area (Å²) in [5.74, 6) is 3.65. The highest BCUT2D eigenvalue weighted by atomic mass is 79.9. The molecular formula is C21H31BrO. The number of ether oxygens (including phenoxy) is 1. The van der Waals surface area contributed by atoms with E-state index in [9.17, 15) is 0 Å². The molecule has 2 saturated carbocycles. The van der Waals surface area contributed by atoms with Crippen LogP contribution in [0.25, 0.3) is 0 Å². The molecule has 128 valence electrons. The van der Waals surface area contributed by atoms with Crippen LogP contribution < -0.4 is 4.74 Å². The highest BCUT2D eigenvalue weighted by Gasteiger charge is 2.54. The number of hydrogen-bond acceptors (Lipinski definition) is 1. The van der Waals surface area contributed by atoms with Crippen molar-refractivity contribution >= 4 is 15.9 Å². The van der Waals surface area contributed by atoms with E-state index in [4.69, 9.17) is 4.74 Å². The van der Waals surface area contributed by atoms with Gasteiger partial charge in [-0.1, -0.05) is 60.3 Å². The molecule has 2 heteroatoms. The monoisotopic (exact) mass is 378 g/mol. The quantitative estimate of drug-likeness (QED) is 0.535. The van der Waals surface area contributed by atoms with Crippen molar-refractivity contribution in [3.05, 3.63) is 28.8 Å². The summed E-state index contributed by atoms with van der Waals surface area (Å²) in [4.78, 5) is 0. The maximum atomic E-state index is 5.85. The number of methoxy groups -OCH3 is 1. The van der Waals surface area contributed by atoms with Crippen molar-refractivity contribution in [2.24, 2.45) is 17.3 Å². The third-order valence-electron chi connectivity index (χ3n) is 6.39. The number of aryl methyl sites for hydroxylation is 1. The van der Waals surface area contributed by atoms with Crippen LogP contribution in [0.15, 0.2) is 12.1 Å². The van der Waals surface area contributed by atoms with Crippen molar-refractivity contribution < 1.29 is 4.74 Å². The number of rotatable bonds is 4. The molecule has 0 aromatic heterocycles. The van der Waals surface area contributed by atoms with Crippen LogP contribution in [-0.2, 0) is 5.33 Å². The van der Waals surface area contributed by atoms with Crippen LogP contribution in [0.5, 0.6) is 5.75 Å². The Balaban J connectivity index is 1.95. The van der Waals surface area contributed by atoms with Crippen molar-refractivity contribution in [2.75, 3.05) is 7.11 Å². The second-order valence-corrected chi connectivity index (χ2v) is 8.70. The first-order chi connectivity index (χ1) is 11.0. The largest absolute Gasteiger partial charge is 0.496 e. The van der Waals surface area contributed by atoms with Crippen molar-refractivity contribution in [3.63, 3.8) is 0 Å². The Morgan fingerprint density at radius 2 is 2.00 bits per heavy atom. The van der Waals surface area contributed by atoms with E-state index in [0.717, 1.165) is 22.9 Å². The molecule has 0 heterocycles. The molecule has 23 heavy (non-hydrogen) atoms. The molecule has 2 aliphatic carbocycles. The minimum Gasteiger partial charge on any atom is -0.496 e.